The quantitative estimate of drug-likeness (QED) is 0.792. The van der Waals surface area contributed by atoms with Gasteiger partial charge in [0, 0.05) is 19.1 Å². The van der Waals surface area contributed by atoms with Gasteiger partial charge >= 0.3 is 0 Å². The van der Waals surface area contributed by atoms with Crippen LogP contribution in [0.15, 0.2) is 0 Å². The average molecular weight is 224 g/mol. The van der Waals surface area contributed by atoms with E-state index in [1.54, 1.807) is 0 Å². The Morgan fingerprint density at radius 1 is 1.25 bits per heavy atom. The fourth-order valence-electron chi connectivity index (χ4n) is 3.34. The van der Waals surface area contributed by atoms with E-state index in [4.69, 9.17) is 0 Å². The SMILES string of the molecule is CCC1CN(CC2CCCC2C)CCCN1. The van der Waals surface area contributed by atoms with Crippen LogP contribution >= 0.6 is 0 Å². The highest BCUT2D eigenvalue weighted by molar-refractivity contribution is 4.81. The lowest BCUT2D eigenvalue weighted by atomic mass is 9.97. The fraction of sp³-hybridized carbons (Fsp3) is 1.00. The molecule has 1 aliphatic heterocycles. The summed E-state index contributed by atoms with van der Waals surface area (Å²) in [6.07, 6.45) is 7.01. The molecule has 1 saturated heterocycles. The number of rotatable bonds is 3. The van der Waals surface area contributed by atoms with Crippen molar-refractivity contribution in [3.63, 3.8) is 0 Å². The normalized spacial score (nSPS) is 37.5. The zero-order chi connectivity index (χ0) is 11.4. The summed E-state index contributed by atoms with van der Waals surface area (Å²) in [6, 6.07) is 0.735. The summed E-state index contributed by atoms with van der Waals surface area (Å²) in [6.45, 7) is 9.92. The van der Waals surface area contributed by atoms with Crippen LogP contribution in [-0.4, -0.2) is 37.1 Å². The number of nitrogens with zero attached hydrogens (tertiary/aromatic N) is 1. The van der Waals surface area contributed by atoms with E-state index < -0.39 is 0 Å². The topological polar surface area (TPSA) is 15.3 Å². The second-order valence-corrected chi connectivity index (χ2v) is 5.84. The van der Waals surface area contributed by atoms with E-state index in [1.165, 1.54) is 58.3 Å². The van der Waals surface area contributed by atoms with Gasteiger partial charge in [-0.25, -0.2) is 0 Å². The smallest absolute Gasteiger partial charge is 0.0192 e. The highest BCUT2D eigenvalue weighted by atomic mass is 15.2. The predicted octanol–water partition coefficient (Wildman–Crippen LogP) is 2.50. The molecule has 1 saturated carbocycles. The Labute approximate surface area is 101 Å². The fourth-order valence-corrected chi connectivity index (χ4v) is 3.34. The van der Waals surface area contributed by atoms with Crippen molar-refractivity contribution in [1.29, 1.82) is 0 Å². The largest absolute Gasteiger partial charge is 0.313 e. The Morgan fingerprint density at radius 2 is 2.12 bits per heavy atom. The molecule has 0 aromatic rings. The third kappa shape index (κ3) is 3.21. The van der Waals surface area contributed by atoms with E-state index in [-0.39, 0.29) is 0 Å². The van der Waals surface area contributed by atoms with E-state index in [0.29, 0.717) is 0 Å². The maximum absolute atomic E-state index is 3.66. The van der Waals surface area contributed by atoms with E-state index in [0.717, 1.165) is 17.9 Å². The summed E-state index contributed by atoms with van der Waals surface area (Å²) in [4.78, 5) is 2.72. The molecule has 1 aliphatic carbocycles. The lowest BCUT2D eigenvalue weighted by Gasteiger charge is -2.28. The first-order chi connectivity index (χ1) is 7.79. The molecule has 3 unspecified atom stereocenters. The molecule has 3 atom stereocenters. The first-order valence-corrected chi connectivity index (χ1v) is 7.25. The van der Waals surface area contributed by atoms with Crippen molar-refractivity contribution in [2.45, 2.75) is 52.0 Å². The van der Waals surface area contributed by atoms with Crippen molar-refractivity contribution in [1.82, 2.24) is 10.2 Å². The Morgan fingerprint density at radius 3 is 2.81 bits per heavy atom. The molecule has 2 heteroatoms. The minimum absolute atomic E-state index is 0.735. The van der Waals surface area contributed by atoms with E-state index >= 15 is 0 Å². The van der Waals surface area contributed by atoms with Crippen molar-refractivity contribution in [2.75, 3.05) is 26.2 Å². The van der Waals surface area contributed by atoms with Crippen LogP contribution in [0, 0.1) is 11.8 Å². The number of hydrogen-bond donors (Lipinski definition) is 1. The van der Waals surface area contributed by atoms with Crippen molar-refractivity contribution < 1.29 is 0 Å². The van der Waals surface area contributed by atoms with Crippen molar-refractivity contribution in [3.8, 4) is 0 Å². The van der Waals surface area contributed by atoms with Gasteiger partial charge in [-0.1, -0.05) is 26.7 Å². The van der Waals surface area contributed by atoms with Gasteiger partial charge in [0.2, 0.25) is 0 Å². The van der Waals surface area contributed by atoms with Gasteiger partial charge in [-0.15, -0.1) is 0 Å². The van der Waals surface area contributed by atoms with Gasteiger partial charge in [0.1, 0.15) is 0 Å². The maximum atomic E-state index is 3.66. The maximum Gasteiger partial charge on any atom is 0.0192 e. The van der Waals surface area contributed by atoms with Crippen LogP contribution in [0.5, 0.6) is 0 Å². The van der Waals surface area contributed by atoms with Crippen molar-refractivity contribution in [3.05, 3.63) is 0 Å². The van der Waals surface area contributed by atoms with Gasteiger partial charge in [-0.2, -0.15) is 0 Å². The minimum Gasteiger partial charge on any atom is -0.313 e. The molecule has 2 nitrogen and oxygen atoms in total. The molecule has 0 radical (unpaired) electrons. The Balaban J connectivity index is 1.82. The molecule has 1 heterocycles. The third-order valence-corrected chi connectivity index (χ3v) is 4.59. The zero-order valence-corrected chi connectivity index (χ0v) is 11.0. The molecule has 2 aliphatic rings. The summed E-state index contributed by atoms with van der Waals surface area (Å²) in [5.41, 5.74) is 0. The van der Waals surface area contributed by atoms with Crippen LogP contribution in [-0.2, 0) is 0 Å². The number of nitrogens with one attached hydrogen (secondary N) is 1. The highest BCUT2D eigenvalue weighted by Crippen LogP contribution is 2.31. The molecule has 0 amide bonds. The van der Waals surface area contributed by atoms with Crippen LogP contribution < -0.4 is 5.32 Å². The summed E-state index contributed by atoms with van der Waals surface area (Å²) < 4.78 is 0. The highest BCUT2D eigenvalue weighted by Gasteiger charge is 2.26. The molecule has 0 aromatic carbocycles. The van der Waals surface area contributed by atoms with Gasteiger partial charge in [-0.3, -0.25) is 0 Å². The Kier molecular flexibility index (Phi) is 4.66. The summed E-state index contributed by atoms with van der Waals surface area (Å²) in [7, 11) is 0. The third-order valence-electron chi connectivity index (χ3n) is 4.59. The molecule has 0 spiro atoms. The lowest BCUT2D eigenvalue weighted by molar-refractivity contribution is 0.206. The van der Waals surface area contributed by atoms with Crippen LogP contribution in [0.2, 0.25) is 0 Å². The van der Waals surface area contributed by atoms with Gasteiger partial charge < -0.3 is 10.2 Å². The molecule has 0 bridgehead atoms. The first-order valence-electron chi connectivity index (χ1n) is 7.25. The predicted molar refractivity (Wildman–Crippen MR) is 69.6 cm³/mol. The molecular weight excluding hydrogens is 196 g/mol. The summed E-state index contributed by atoms with van der Waals surface area (Å²) in [5.74, 6) is 1.95. The minimum atomic E-state index is 0.735. The second kappa shape index (κ2) is 6.02. The number of hydrogen-bond acceptors (Lipinski definition) is 2. The van der Waals surface area contributed by atoms with Gasteiger partial charge in [0.05, 0.1) is 0 Å². The average Bonchev–Trinajstić information content (AvgIpc) is 2.55. The van der Waals surface area contributed by atoms with Crippen LogP contribution in [0.3, 0.4) is 0 Å². The van der Waals surface area contributed by atoms with Crippen LogP contribution in [0.1, 0.15) is 46.0 Å². The van der Waals surface area contributed by atoms with Crippen LogP contribution in [0.25, 0.3) is 0 Å². The Bertz CT molecular complexity index is 205. The molecule has 2 rings (SSSR count). The standard InChI is InChI=1S/C14H28N2/c1-3-14-11-16(9-5-8-15-14)10-13-7-4-6-12(13)2/h12-15H,3-11H2,1-2H3. The lowest BCUT2D eigenvalue weighted by Crippen LogP contribution is -2.39. The van der Waals surface area contributed by atoms with Crippen molar-refractivity contribution >= 4 is 0 Å². The molecule has 1 N–H and O–H groups in total. The van der Waals surface area contributed by atoms with E-state index in [9.17, 15) is 0 Å². The van der Waals surface area contributed by atoms with Gasteiger partial charge in [-0.05, 0) is 44.2 Å². The monoisotopic (exact) mass is 224 g/mol. The second-order valence-electron chi connectivity index (χ2n) is 5.84. The Hall–Kier alpha value is -0.0800. The van der Waals surface area contributed by atoms with Gasteiger partial charge in [0.25, 0.3) is 0 Å². The zero-order valence-electron chi connectivity index (χ0n) is 11.0. The molecular formula is C14H28N2. The summed E-state index contributed by atoms with van der Waals surface area (Å²) >= 11 is 0. The van der Waals surface area contributed by atoms with E-state index in [2.05, 4.69) is 24.1 Å². The van der Waals surface area contributed by atoms with Gasteiger partial charge in [0.15, 0.2) is 0 Å². The first kappa shape index (κ1) is 12.4. The molecule has 0 aromatic heterocycles. The summed E-state index contributed by atoms with van der Waals surface area (Å²) in [5, 5.41) is 3.66. The molecule has 2 fully saturated rings. The van der Waals surface area contributed by atoms with E-state index in [1.807, 2.05) is 0 Å². The molecule has 94 valence electrons. The van der Waals surface area contributed by atoms with Crippen LogP contribution in [0.4, 0.5) is 0 Å². The molecule has 16 heavy (non-hydrogen) atoms. The van der Waals surface area contributed by atoms with Crippen molar-refractivity contribution in [2.24, 2.45) is 11.8 Å².